The van der Waals surface area contributed by atoms with Gasteiger partial charge in [-0.3, -0.25) is 0 Å². The molecule has 0 aliphatic rings. The van der Waals surface area contributed by atoms with Gasteiger partial charge in [-0.15, -0.1) is 0 Å². The van der Waals surface area contributed by atoms with Crippen molar-refractivity contribution in [3.63, 3.8) is 0 Å². The molecular weight excluding hydrogens is 193 g/mol. The van der Waals surface area contributed by atoms with Gasteiger partial charge in [0, 0.05) is 6.20 Å². The van der Waals surface area contributed by atoms with Crippen LogP contribution in [0.1, 0.15) is 11.3 Å². The third-order valence-electron chi connectivity index (χ3n) is 2.00. The van der Waals surface area contributed by atoms with Gasteiger partial charge < -0.3 is 0 Å². The Morgan fingerprint density at radius 3 is 2.64 bits per heavy atom. The highest BCUT2D eigenvalue weighted by Gasteiger charge is 2.34. The van der Waals surface area contributed by atoms with Crippen LogP contribution in [0.2, 0.25) is 0 Å². The molecule has 2 nitrogen and oxygen atoms in total. The number of nitrogens with zero attached hydrogens (tertiary/aromatic N) is 2. The number of rotatable bonds is 0. The largest absolute Gasteiger partial charge is 0.435 e. The second-order valence-corrected chi connectivity index (χ2v) is 3.05. The predicted octanol–water partition coefficient (Wildman–Crippen LogP) is 2.66. The van der Waals surface area contributed by atoms with Gasteiger partial charge in [0.15, 0.2) is 5.69 Å². The molecule has 74 valence electrons. The van der Waals surface area contributed by atoms with Crippen molar-refractivity contribution in [1.82, 2.24) is 9.61 Å². The third-order valence-corrected chi connectivity index (χ3v) is 2.00. The Kier molecular flexibility index (Phi) is 1.77. The maximum absolute atomic E-state index is 12.3. The van der Waals surface area contributed by atoms with E-state index >= 15 is 0 Å². The molecule has 2 aromatic rings. The summed E-state index contributed by atoms with van der Waals surface area (Å²) in [5, 5.41) is 3.44. The lowest BCUT2D eigenvalue weighted by molar-refractivity contribution is -0.141. The number of fused-ring (bicyclic) bond motifs is 1. The first-order valence-electron chi connectivity index (χ1n) is 4.01. The number of pyridine rings is 1. The molecule has 0 aliphatic carbocycles. The fourth-order valence-electron chi connectivity index (χ4n) is 1.30. The molecule has 14 heavy (non-hydrogen) atoms. The summed E-state index contributed by atoms with van der Waals surface area (Å²) >= 11 is 0. The number of hydrogen-bond donors (Lipinski definition) is 0. The van der Waals surface area contributed by atoms with E-state index < -0.39 is 11.9 Å². The molecule has 0 bridgehead atoms. The quantitative estimate of drug-likeness (QED) is 0.639. The van der Waals surface area contributed by atoms with Crippen LogP contribution in [-0.4, -0.2) is 9.61 Å². The molecule has 0 aliphatic heterocycles. The van der Waals surface area contributed by atoms with E-state index in [2.05, 4.69) is 5.10 Å². The van der Waals surface area contributed by atoms with Gasteiger partial charge in [-0.05, 0) is 24.6 Å². The fraction of sp³-hybridized carbons (Fsp3) is 0.222. The first kappa shape index (κ1) is 9.05. The average molecular weight is 200 g/mol. The monoisotopic (exact) mass is 200 g/mol. The van der Waals surface area contributed by atoms with Crippen LogP contribution >= 0.6 is 0 Å². The second-order valence-electron chi connectivity index (χ2n) is 3.05. The van der Waals surface area contributed by atoms with Gasteiger partial charge in [-0.2, -0.15) is 18.3 Å². The zero-order valence-electron chi connectivity index (χ0n) is 7.34. The summed E-state index contributed by atoms with van der Waals surface area (Å²) in [6, 6.07) is 4.46. The van der Waals surface area contributed by atoms with Crippen molar-refractivity contribution in [2.75, 3.05) is 0 Å². The maximum atomic E-state index is 12.3. The van der Waals surface area contributed by atoms with E-state index in [1.54, 1.807) is 19.1 Å². The smallest absolute Gasteiger partial charge is 0.240 e. The van der Waals surface area contributed by atoms with Crippen LogP contribution in [-0.2, 0) is 6.18 Å². The molecule has 0 atom stereocenters. The van der Waals surface area contributed by atoms with Crippen molar-refractivity contribution >= 4 is 5.52 Å². The molecule has 0 saturated carbocycles. The lowest BCUT2D eigenvalue weighted by Gasteiger charge is -1.98. The van der Waals surface area contributed by atoms with E-state index in [-0.39, 0.29) is 0 Å². The lowest BCUT2D eigenvalue weighted by Crippen LogP contribution is -2.05. The highest BCUT2D eigenvalue weighted by atomic mass is 19.4. The van der Waals surface area contributed by atoms with E-state index in [4.69, 9.17) is 0 Å². The van der Waals surface area contributed by atoms with Crippen molar-refractivity contribution in [1.29, 1.82) is 0 Å². The Hall–Kier alpha value is -1.52. The van der Waals surface area contributed by atoms with Crippen LogP contribution < -0.4 is 0 Å². The number of hydrogen-bond acceptors (Lipinski definition) is 1. The standard InChI is InChI=1S/C9H7F3N2/c1-6-3-2-4-14-7(6)5-8(13-14)9(10,11)12/h2-5H,1H3. The summed E-state index contributed by atoms with van der Waals surface area (Å²) in [5.41, 5.74) is 0.405. The van der Waals surface area contributed by atoms with Gasteiger partial charge in [0.2, 0.25) is 0 Å². The zero-order chi connectivity index (χ0) is 10.3. The minimum Gasteiger partial charge on any atom is -0.240 e. The van der Waals surface area contributed by atoms with Gasteiger partial charge in [-0.25, -0.2) is 4.52 Å². The van der Waals surface area contributed by atoms with Gasteiger partial charge in [0.25, 0.3) is 0 Å². The lowest BCUT2D eigenvalue weighted by atomic mass is 10.2. The van der Waals surface area contributed by atoms with Gasteiger partial charge in [0.1, 0.15) is 0 Å². The van der Waals surface area contributed by atoms with E-state index in [1.165, 1.54) is 10.7 Å². The maximum Gasteiger partial charge on any atom is 0.435 e. The molecule has 0 spiro atoms. The van der Waals surface area contributed by atoms with Crippen LogP contribution in [0.5, 0.6) is 0 Å². The van der Waals surface area contributed by atoms with Crippen molar-refractivity contribution in [3.8, 4) is 0 Å². The minimum absolute atomic E-state index is 0.486. The molecule has 5 heteroatoms. The molecule has 2 heterocycles. The summed E-state index contributed by atoms with van der Waals surface area (Å²) in [7, 11) is 0. The summed E-state index contributed by atoms with van der Waals surface area (Å²) in [6.45, 7) is 1.75. The highest BCUT2D eigenvalue weighted by Crippen LogP contribution is 2.29. The van der Waals surface area contributed by atoms with Crippen LogP contribution in [0.15, 0.2) is 24.4 Å². The summed E-state index contributed by atoms with van der Waals surface area (Å²) in [4.78, 5) is 0. The molecule has 2 rings (SSSR count). The van der Waals surface area contributed by atoms with Crippen molar-refractivity contribution in [2.24, 2.45) is 0 Å². The topological polar surface area (TPSA) is 17.3 Å². The van der Waals surface area contributed by atoms with Gasteiger partial charge in [0.05, 0.1) is 5.52 Å². The normalized spacial score (nSPS) is 12.3. The van der Waals surface area contributed by atoms with Gasteiger partial charge >= 0.3 is 6.18 Å². The molecule has 0 radical (unpaired) electrons. The molecule has 0 amide bonds. The number of aromatic nitrogens is 2. The van der Waals surface area contributed by atoms with E-state index in [0.29, 0.717) is 5.52 Å². The minimum atomic E-state index is -4.38. The average Bonchev–Trinajstić information content (AvgIpc) is 2.48. The highest BCUT2D eigenvalue weighted by molar-refractivity contribution is 5.54. The Bertz CT molecular complexity index is 470. The van der Waals surface area contributed by atoms with Crippen molar-refractivity contribution in [2.45, 2.75) is 13.1 Å². The molecule has 0 fully saturated rings. The van der Waals surface area contributed by atoms with Crippen molar-refractivity contribution in [3.05, 3.63) is 35.7 Å². The van der Waals surface area contributed by atoms with Crippen LogP contribution in [0.4, 0.5) is 13.2 Å². The zero-order valence-corrected chi connectivity index (χ0v) is 7.34. The Labute approximate surface area is 78.0 Å². The Morgan fingerprint density at radius 1 is 1.36 bits per heavy atom. The molecule has 0 aromatic carbocycles. The molecule has 0 N–H and O–H groups in total. The molecule has 0 unspecified atom stereocenters. The van der Waals surface area contributed by atoms with Crippen LogP contribution in [0, 0.1) is 6.92 Å². The summed E-state index contributed by atoms with van der Waals surface area (Å²) in [5.74, 6) is 0. The summed E-state index contributed by atoms with van der Waals surface area (Å²) in [6.07, 6.45) is -2.88. The van der Waals surface area contributed by atoms with Crippen molar-refractivity contribution < 1.29 is 13.2 Å². The summed E-state index contributed by atoms with van der Waals surface area (Å²) < 4.78 is 38.1. The molecule has 2 aromatic heterocycles. The molecular formula is C9H7F3N2. The number of aryl methyl sites for hydroxylation is 1. The van der Waals surface area contributed by atoms with Crippen LogP contribution in [0.25, 0.3) is 5.52 Å². The fourth-order valence-corrected chi connectivity index (χ4v) is 1.30. The SMILES string of the molecule is Cc1cccn2nc(C(F)(F)F)cc12. The Morgan fingerprint density at radius 2 is 2.07 bits per heavy atom. The van der Waals surface area contributed by atoms with Crippen LogP contribution in [0.3, 0.4) is 0 Å². The number of halogens is 3. The first-order valence-corrected chi connectivity index (χ1v) is 4.01. The van der Waals surface area contributed by atoms with E-state index in [1.807, 2.05) is 0 Å². The third kappa shape index (κ3) is 1.34. The van der Waals surface area contributed by atoms with E-state index in [0.717, 1.165) is 11.6 Å². The Balaban J connectivity index is 2.69. The molecule has 0 saturated heterocycles. The first-order chi connectivity index (χ1) is 6.48. The predicted molar refractivity (Wildman–Crippen MR) is 44.9 cm³/mol. The number of alkyl halides is 3. The van der Waals surface area contributed by atoms with Gasteiger partial charge in [-0.1, -0.05) is 6.07 Å². The second kappa shape index (κ2) is 2.73. The van der Waals surface area contributed by atoms with E-state index in [9.17, 15) is 13.2 Å².